The minimum atomic E-state index is -0.347. The van der Waals surface area contributed by atoms with Gasteiger partial charge in [0.05, 0.1) is 12.6 Å². The Morgan fingerprint density at radius 2 is 1.78 bits per heavy atom. The number of hydrogen-bond donors (Lipinski definition) is 3. The number of rotatable bonds is 9. The van der Waals surface area contributed by atoms with Gasteiger partial charge in [-0.15, -0.1) is 0 Å². The lowest BCUT2D eigenvalue weighted by molar-refractivity contribution is -0.123. The highest BCUT2D eigenvalue weighted by atomic mass is 16.2. The first-order valence-electron chi connectivity index (χ1n) is 6.75. The highest BCUT2D eigenvalue weighted by molar-refractivity contribution is 5.83. The number of hydrogen-bond acceptors (Lipinski definition) is 3. The van der Waals surface area contributed by atoms with Crippen LogP contribution in [0.15, 0.2) is 0 Å². The SMILES string of the molecule is CCCCNC(=O)CNC(C)C(=O)NCC(C)C. The second-order valence-corrected chi connectivity index (χ2v) is 4.95. The number of amides is 2. The molecule has 5 heteroatoms. The smallest absolute Gasteiger partial charge is 0.236 e. The molecule has 0 aromatic carbocycles. The van der Waals surface area contributed by atoms with Crippen molar-refractivity contribution in [1.29, 1.82) is 0 Å². The molecule has 0 heterocycles. The van der Waals surface area contributed by atoms with Crippen LogP contribution < -0.4 is 16.0 Å². The van der Waals surface area contributed by atoms with E-state index in [9.17, 15) is 9.59 Å². The fourth-order valence-electron chi connectivity index (χ4n) is 1.26. The monoisotopic (exact) mass is 257 g/mol. The second kappa shape index (κ2) is 9.88. The summed E-state index contributed by atoms with van der Waals surface area (Å²) < 4.78 is 0. The molecule has 0 aliphatic rings. The first kappa shape index (κ1) is 16.9. The van der Waals surface area contributed by atoms with Gasteiger partial charge < -0.3 is 10.6 Å². The van der Waals surface area contributed by atoms with Crippen LogP contribution in [0.2, 0.25) is 0 Å². The zero-order valence-corrected chi connectivity index (χ0v) is 12.0. The third-order valence-corrected chi connectivity index (χ3v) is 2.50. The number of unbranched alkanes of at least 4 members (excludes halogenated alkanes) is 1. The zero-order valence-electron chi connectivity index (χ0n) is 12.0. The summed E-state index contributed by atoms with van der Waals surface area (Å²) in [6, 6.07) is -0.347. The van der Waals surface area contributed by atoms with Gasteiger partial charge in [-0.2, -0.15) is 0 Å². The van der Waals surface area contributed by atoms with Gasteiger partial charge in [0.15, 0.2) is 0 Å². The van der Waals surface area contributed by atoms with Crippen molar-refractivity contribution in [3.8, 4) is 0 Å². The molecule has 0 radical (unpaired) electrons. The van der Waals surface area contributed by atoms with Crippen LogP contribution in [-0.4, -0.2) is 37.5 Å². The lowest BCUT2D eigenvalue weighted by Crippen LogP contribution is -2.46. The van der Waals surface area contributed by atoms with Crippen LogP contribution in [0.5, 0.6) is 0 Å². The lowest BCUT2D eigenvalue weighted by Gasteiger charge is -2.15. The lowest BCUT2D eigenvalue weighted by atomic mass is 10.2. The van der Waals surface area contributed by atoms with Crippen molar-refractivity contribution in [2.45, 2.75) is 46.6 Å². The Hall–Kier alpha value is -1.10. The van der Waals surface area contributed by atoms with Crippen LogP contribution >= 0.6 is 0 Å². The van der Waals surface area contributed by atoms with Crippen LogP contribution in [0.3, 0.4) is 0 Å². The normalized spacial score (nSPS) is 12.3. The fourth-order valence-corrected chi connectivity index (χ4v) is 1.26. The molecule has 0 spiro atoms. The van der Waals surface area contributed by atoms with Gasteiger partial charge in [-0.3, -0.25) is 14.9 Å². The highest BCUT2D eigenvalue weighted by Gasteiger charge is 2.13. The van der Waals surface area contributed by atoms with E-state index in [2.05, 4.69) is 22.9 Å². The molecule has 2 amide bonds. The summed E-state index contributed by atoms with van der Waals surface area (Å²) in [6.45, 7) is 9.46. The van der Waals surface area contributed by atoms with Gasteiger partial charge in [0.25, 0.3) is 0 Å². The Morgan fingerprint density at radius 1 is 1.11 bits per heavy atom. The van der Waals surface area contributed by atoms with E-state index in [1.165, 1.54) is 0 Å². The largest absolute Gasteiger partial charge is 0.355 e. The van der Waals surface area contributed by atoms with Crippen LogP contribution in [0.4, 0.5) is 0 Å². The predicted octanol–water partition coefficient (Wildman–Crippen LogP) is 0.653. The molecule has 0 saturated heterocycles. The maximum Gasteiger partial charge on any atom is 0.236 e. The molecular formula is C13H27N3O2. The van der Waals surface area contributed by atoms with Crippen LogP contribution in [0.25, 0.3) is 0 Å². The summed E-state index contributed by atoms with van der Waals surface area (Å²) in [7, 11) is 0. The molecule has 1 unspecified atom stereocenters. The highest BCUT2D eigenvalue weighted by Crippen LogP contribution is 1.89. The molecule has 18 heavy (non-hydrogen) atoms. The summed E-state index contributed by atoms with van der Waals surface area (Å²) in [5, 5.41) is 8.53. The van der Waals surface area contributed by atoms with Crippen molar-refractivity contribution in [2.24, 2.45) is 5.92 Å². The minimum absolute atomic E-state index is 0.0630. The third kappa shape index (κ3) is 8.98. The second-order valence-electron chi connectivity index (χ2n) is 4.95. The van der Waals surface area contributed by atoms with Gasteiger partial charge in [-0.05, 0) is 19.3 Å². The van der Waals surface area contributed by atoms with Crippen molar-refractivity contribution in [1.82, 2.24) is 16.0 Å². The van der Waals surface area contributed by atoms with E-state index in [4.69, 9.17) is 0 Å². The van der Waals surface area contributed by atoms with Crippen LogP contribution in [0, 0.1) is 5.92 Å². The Balaban J connectivity index is 3.70. The van der Waals surface area contributed by atoms with Gasteiger partial charge in [0.2, 0.25) is 11.8 Å². The van der Waals surface area contributed by atoms with E-state index in [0.29, 0.717) is 19.0 Å². The van der Waals surface area contributed by atoms with Crippen molar-refractivity contribution in [2.75, 3.05) is 19.6 Å². The van der Waals surface area contributed by atoms with E-state index < -0.39 is 0 Å². The van der Waals surface area contributed by atoms with E-state index in [1.54, 1.807) is 6.92 Å². The third-order valence-electron chi connectivity index (χ3n) is 2.50. The molecule has 0 aromatic heterocycles. The zero-order chi connectivity index (χ0) is 14.0. The molecule has 106 valence electrons. The predicted molar refractivity (Wildman–Crippen MR) is 73.2 cm³/mol. The Morgan fingerprint density at radius 3 is 2.33 bits per heavy atom. The molecule has 0 saturated carbocycles. The van der Waals surface area contributed by atoms with E-state index in [1.807, 2.05) is 13.8 Å². The maximum atomic E-state index is 11.6. The number of carbonyl (C=O) groups is 2. The molecule has 5 nitrogen and oxygen atoms in total. The van der Waals surface area contributed by atoms with Crippen molar-refractivity contribution < 1.29 is 9.59 Å². The molecule has 0 fully saturated rings. The number of carbonyl (C=O) groups excluding carboxylic acids is 2. The molecule has 0 aliphatic carbocycles. The summed E-state index contributed by atoms with van der Waals surface area (Å²) in [5.74, 6) is 0.301. The topological polar surface area (TPSA) is 70.2 Å². The standard InChI is InChI=1S/C13H27N3O2/c1-5-6-7-14-12(17)9-15-11(4)13(18)16-8-10(2)3/h10-11,15H,5-9H2,1-4H3,(H,14,17)(H,16,18). The van der Waals surface area contributed by atoms with E-state index >= 15 is 0 Å². The summed E-state index contributed by atoms with van der Waals surface area (Å²) in [5.41, 5.74) is 0. The molecule has 3 N–H and O–H groups in total. The van der Waals surface area contributed by atoms with Gasteiger partial charge >= 0.3 is 0 Å². The summed E-state index contributed by atoms with van der Waals surface area (Å²) in [6.07, 6.45) is 2.04. The fraction of sp³-hybridized carbons (Fsp3) is 0.846. The Kier molecular flexibility index (Phi) is 9.28. The van der Waals surface area contributed by atoms with Crippen molar-refractivity contribution in [3.05, 3.63) is 0 Å². The Bertz CT molecular complexity index is 255. The average Bonchev–Trinajstić information content (AvgIpc) is 2.33. The van der Waals surface area contributed by atoms with Gasteiger partial charge in [-0.1, -0.05) is 27.2 Å². The van der Waals surface area contributed by atoms with E-state index in [-0.39, 0.29) is 24.4 Å². The molecule has 0 aromatic rings. The molecule has 0 bridgehead atoms. The molecular weight excluding hydrogens is 230 g/mol. The maximum absolute atomic E-state index is 11.6. The van der Waals surface area contributed by atoms with Gasteiger partial charge in [-0.25, -0.2) is 0 Å². The minimum Gasteiger partial charge on any atom is -0.355 e. The average molecular weight is 257 g/mol. The van der Waals surface area contributed by atoms with Gasteiger partial charge in [0, 0.05) is 13.1 Å². The Labute approximate surface area is 110 Å². The van der Waals surface area contributed by atoms with Crippen LogP contribution in [0.1, 0.15) is 40.5 Å². The van der Waals surface area contributed by atoms with Crippen LogP contribution in [-0.2, 0) is 9.59 Å². The summed E-state index contributed by atoms with van der Waals surface area (Å²) in [4.78, 5) is 23.0. The van der Waals surface area contributed by atoms with Gasteiger partial charge in [0.1, 0.15) is 0 Å². The van der Waals surface area contributed by atoms with Crippen molar-refractivity contribution >= 4 is 11.8 Å². The summed E-state index contributed by atoms with van der Waals surface area (Å²) >= 11 is 0. The first-order chi connectivity index (χ1) is 8.47. The molecule has 0 aliphatic heterocycles. The quantitative estimate of drug-likeness (QED) is 0.531. The first-order valence-corrected chi connectivity index (χ1v) is 6.75. The van der Waals surface area contributed by atoms with Crippen molar-refractivity contribution in [3.63, 3.8) is 0 Å². The number of nitrogens with one attached hydrogen (secondary N) is 3. The molecule has 1 atom stereocenters. The van der Waals surface area contributed by atoms with E-state index in [0.717, 1.165) is 12.8 Å². The molecule has 0 rings (SSSR count).